The summed E-state index contributed by atoms with van der Waals surface area (Å²) >= 11 is 6.05. The molecule has 108 valence electrons. The van der Waals surface area contributed by atoms with E-state index < -0.39 is 12.1 Å². The van der Waals surface area contributed by atoms with Crippen LogP contribution in [0, 0.1) is 0 Å². The summed E-state index contributed by atoms with van der Waals surface area (Å²) in [5.74, 6) is -2.20. The summed E-state index contributed by atoms with van der Waals surface area (Å²) < 4.78 is 36.2. The molecule has 0 saturated heterocycles. The Balaban J connectivity index is 2.01. The molecule has 0 fully saturated rings. The topological polar surface area (TPSA) is 29.5 Å². The summed E-state index contributed by atoms with van der Waals surface area (Å²) in [4.78, 5) is 15.0. The SMILES string of the molecule is O=C(ON1CC=C(c2ccccc2Cl)CC1)C(F)(F)F. The van der Waals surface area contributed by atoms with Gasteiger partial charge in [-0.05, 0) is 23.6 Å². The second-order valence-corrected chi connectivity index (χ2v) is 4.63. The molecule has 0 atom stereocenters. The van der Waals surface area contributed by atoms with Crippen molar-refractivity contribution in [3.05, 3.63) is 40.9 Å². The zero-order valence-electron chi connectivity index (χ0n) is 10.3. The van der Waals surface area contributed by atoms with E-state index in [1.807, 2.05) is 12.1 Å². The van der Waals surface area contributed by atoms with E-state index in [1.54, 1.807) is 18.2 Å². The van der Waals surface area contributed by atoms with Crippen molar-refractivity contribution in [2.24, 2.45) is 0 Å². The quantitative estimate of drug-likeness (QED) is 0.838. The van der Waals surface area contributed by atoms with E-state index in [0.717, 1.165) is 16.2 Å². The molecule has 0 amide bonds. The Bertz CT molecular complexity index is 543. The summed E-state index contributed by atoms with van der Waals surface area (Å²) in [6.45, 7) is 0.293. The summed E-state index contributed by atoms with van der Waals surface area (Å²) in [6, 6.07) is 7.21. The van der Waals surface area contributed by atoms with Gasteiger partial charge in [0.1, 0.15) is 0 Å². The number of benzene rings is 1. The van der Waals surface area contributed by atoms with Gasteiger partial charge in [0.15, 0.2) is 0 Å². The number of carbonyl (C=O) groups excluding carboxylic acids is 1. The highest BCUT2D eigenvalue weighted by Crippen LogP contribution is 2.28. The maximum absolute atomic E-state index is 12.1. The van der Waals surface area contributed by atoms with E-state index in [9.17, 15) is 18.0 Å². The van der Waals surface area contributed by atoms with Crippen molar-refractivity contribution in [2.45, 2.75) is 12.6 Å². The zero-order chi connectivity index (χ0) is 14.8. The van der Waals surface area contributed by atoms with Gasteiger partial charge in [-0.25, -0.2) is 4.79 Å². The Hall–Kier alpha value is -1.53. The Morgan fingerprint density at radius 2 is 2.00 bits per heavy atom. The highest BCUT2D eigenvalue weighted by molar-refractivity contribution is 6.32. The van der Waals surface area contributed by atoms with Crippen LogP contribution < -0.4 is 0 Å². The van der Waals surface area contributed by atoms with Gasteiger partial charge in [0.25, 0.3) is 0 Å². The summed E-state index contributed by atoms with van der Waals surface area (Å²) in [5, 5.41) is 1.57. The Morgan fingerprint density at radius 3 is 2.55 bits per heavy atom. The molecule has 1 aromatic rings. The second kappa shape index (κ2) is 5.85. The van der Waals surface area contributed by atoms with Gasteiger partial charge >= 0.3 is 12.1 Å². The van der Waals surface area contributed by atoms with Crippen molar-refractivity contribution in [1.29, 1.82) is 0 Å². The van der Waals surface area contributed by atoms with E-state index >= 15 is 0 Å². The fraction of sp³-hybridized carbons (Fsp3) is 0.308. The first kappa shape index (κ1) is 14.9. The van der Waals surface area contributed by atoms with Crippen molar-refractivity contribution < 1.29 is 22.8 Å². The highest BCUT2D eigenvalue weighted by atomic mass is 35.5. The number of hydrogen-bond donors (Lipinski definition) is 0. The smallest absolute Gasteiger partial charge is 0.360 e. The van der Waals surface area contributed by atoms with Crippen LogP contribution in [0.5, 0.6) is 0 Å². The third-order valence-electron chi connectivity index (χ3n) is 2.84. The Kier molecular flexibility index (Phi) is 4.35. The van der Waals surface area contributed by atoms with Gasteiger partial charge in [-0.15, -0.1) is 5.06 Å². The van der Waals surface area contributed by atoms with Crippen molar-refractivity contribution in [1.82, 2.24) is 5.06 Å². The maximum Gasteiger partial charge on any atom is 0.492 e. The van der Waals surface area contributed by atoms with Crippen molar-refractivity contribution in [3.63, 3.8) is 0 Å². The van der Waals surface area contributed by atoms with Gasteiger partial charge in [-0.3, -0.25) is 0 Å². The number of halogens is 4. The normalized spacial score (nSPS) is 16.7. The number of carbonyl (C=O) groups is 1. The minimum Gasteiger partial charge on any atom is -0.360 e. The molecule has 20 heavy (non-hydrogen) atoms. The minimum atomic E-state index is -4.98. The molecule has 1 heterocycles. The fourth-order valence-corrected chi connectivity index (χ4v) is 2.13. The molecule has 1 aliphatic heterocycles. The Morgan fingerprint density at radius 1 is 1.30 bits per heavy atom. The lowest BCUT2D eigenvalue weighted by Crippen LogP contribution is -2.37. The number of nitrogens with zero attached hydrogens (tertiary/aromatic N) is 1. The molecule has 1 aromatic carbocycles. The molecule has 0 spiro atoms. The largest absolute Gasteiger partial charge is 0.492 e. The van der Waals surface area contributed by atoms with Crippen LogP contribution in [0.15, 0.2) is 30.3 Å². The molecule has 0 aromatic heterocycles. The Labute approximate surface area is 118 Å². The predicted octanol–water partition coefficient (Wildman–Crippen LogP) is 3.45. The second-order valence-electron chi connectivity index (χ2n) is 4.22. The lowest BCUT2D eigenvalue weighted by molar-refractivity contribution is -0.237. The standard InChI is InChI=1S/C13H11ClF3NO2/c14-11-4-2-1-3-10(11)9-5-7-18(8-6-9)20-12(19)13(15,16)17/h1-5H,6-8H2. The summed E-state index contributed by atoms with van der Waals surface area (Å²) in [5.41, 5.74) is 1.77. The molecule has 0 N–H and O–H groups in total. The van der Waals surface area contributed by atoms with Gasteiger partial charge in [0, 0.05) is 11.6 Å². The number of hydrogen-bond acceptors (Lipinski definition) is 3. The van der Waals surface area contributed by atoms with E-state index in [4.69, 9.17) is 11.6 Å². The molecule has 0 saturated carbocycles. The zero-order valence-corrected chi connectivity index (χ0v) is 11.0. The lowest BCUT2D eigenvalue weighted by Gasteiger charge is -2.25. The van der Waals surface area contributed by atoms with Crippen molar-refractivity contribution in [2.75, 3.05) is 13.1 Å². The molecular weight excluding hydrogens is 295 g/mol. The van der Waals surface area contributed by atoms with Crippen LogP contribution in [0.25, 0.3) is 5.57 Å². The highest BCUT2D eigenvalue weighted by Gasteiger charge is 2.42. The average molecular weight is 306 g/mol. The van der Waals surface area contributed by atoms with Crippen molar-refractivity contribution >= 4 is 23.1 Å². The molecule has 0 unspecified atom stereocenters. The van der Waals surface area contributed by atoms with Crippen LogP contribution >= 0.6 is 11.6 Å². The molecule has 7 heteroatoms. The van der Waals surface area contributed by atoms with Crippen LogP contribution in [0.4, 0.5) is 13.2 Å². The molecule has 0 radical (unpaired) electrons. The lowest BCUT2D eigenvalue weighted by atomic mass is 10.0. The third kappa shape index (κ3) is 3.52. The van der Waals surface area contributed by atoms with E-state index in [2.05, 4.69) is 4.84 Å². The number of rotatable bonds is 2. The maximum atomic E-state index is 12.1. The fourth-order valence-electron chi connectivity index (χ4n) is 1.87. The summed E-state index contributed by atoms with van der Waals surface area (Å²) in [6.07, 6.45) is -2.82. The van der Waals surface area contributed by atoms with Crippen LogP contribution in [0.3, 0.4) is 0 Å². The summed E-state index contributed by atoms with van der Waals surface area (Å²) in [7, 11) is 0. The average Bonchev–Trinajstić information content (AvgIpc) is 2.39. The van der Waals surface area contributed by atoms with Crippen LogP contribution in [0.1, 0.15) is 12.0 Å². The number of alkyl halides is 3. The molecule has 2 rings (SSSR count). The predicted molar refractivity (Wildman–Crippen MR) is 67.8 cm³/mol. The first-order valence-electron chi connectivity index (χ1n) is 5.86. The van der Waals surface area contributed by atoms with Gasteiger partial charge in [0.2, 0.25) is 0 Å². The monoisotopic (exact) mass is 305 g/mol. The minimum absolute atomic E-state index is 0.0996. The van der Waals surface area contributed by atoms with E-state index in [-0.39, 0.29) is 13.1 Å². The molecule has 0 bridgehead atoms. The van der Waals surface area contributed by atoms with Gasteiger partial charge in [-0.1, -0.05) is 35.9 Å². The first-order chi connectivity index (χ1) is 9.38. The molecular formula is C13H11ClF3NO2. The third-order valence-corrected chi connectivity index (χ3v) is 3.16. The van der Waals surface area contributed by atoms with Gasteiger partial charge in [-0.2, -0.15) is 13.2 Å². The molecule has 3 nitrogen and oxygen atoms in total. The first-order valence-corrected chi connectivity index (χ1v) is 6.23. The molecule has 1 aliphatic rings. The van der Waals surface area contributed by atoms with Crippen molar-refractivity contribution in [3.8, 4) is 0 Å². The van der Waals surface area contributed by atoms with E-state index in [0.29, 0.717) is 11.4 Å². The van der Waals surface area contributed by atoms with E-state index in [1.165, 1.54) is 0 Å². The molecule has 0 aliphatic carbocycles. The van der Waals surface area contributed by atoms with Crippen LogP contribution in [0.2, 0.25) is 5.02 Å². The van der Waals surface area contributed by atoms with Crippen LogP contribution in [-0.4, -0.2) is 30.3 Å². The number of hydroxylamine groups is 2. The van der Waals surface area contributed by atoms with Gasteiger partial charge in [0.05, 0.1) is 6.54 Å². The van der Waals surface area contributed by atoms with Crippen LogP contribution in [-0.2, 0) is 9.63 Å². The van der Waals surface area contributed by atoms with Gasteiger partial charge < -0.3 is 4.84 Å².